The van der Waals surface area contributed by atoms with Crippen LogP contribution in [-0.2, 0) is 0 Å². The number of hydrogen-bond acceptors (Lipinski definition) is 1. The molecule has 0 N–H and O–H groups in total. The van der Waals surface area contributed by atoms with E-state index in [4.69, 9.17) is 11.2 Å². The highest BCUT2D eigenvalue weighted by Gasteiger charge is 2.31. The lowest BCUT2D eigenvalue weighted by atomic mass is 10.3. The van der Waals surface area contributed by atoms with Gasteiger partial charge in [0.15, 0.2) is 0 Å². The van der Waals surface area contributed by atoms with Crippen LogP contribution in [0.15, 0.2) is 0 Å². The first kappa shape index (κ1) is 12.6. The van der Waals surface area contributed by atoms with Crippen molar-refractivity contribution in [1.82, 2.24) is 4.67 Å². The van der Waals surface area contributed by atoms with Crippen molar-refractivity contribution in [2.75, 3.05) is 13.1 Å². The number of halogens is 1. The lowest BCUT2D eigenvalue weighted by Crippen LogP contribution is -2.27. The van der Waals surface area contributed by atoms with Gasteiger partial charge < -0.3 is 0 Å². The summed E-state index contributed by atoms with van der Waals surface area (Å²) < 4.78 is 2.29. The van der Waals surface area contributed by atoms with Crippen LogP contribution in [0.4, 0.5) is 0 Å². The summed E-state index contributed by atoms with van der Waals surface area (Å²) in [5, 5.41) is 0.112. The summed E-state index contributed by atoms with van der Waals surface area (Å²) in [6, 6.07) is 0. The minimum atomic E-state index is -1.68. The van der Waals surface area contributed by atoms with Gasteiger partial charge >= 0.3 is 0 Å². The van der Waals surface area contributed by atoms with Crippen molar-refractivity contribution >= 4 is 23.9 Å². The SMILES string of the molecule is C=P(Cl)(N(CC)CC)C(C)(C)C. The highest BCUT2D eigenvalue weighted by atomic mass is 35.7. The van der Waals surface area contributed by atoms with Gasteiger partial charge in [0.2, 0.25) is 0 Å². The van der Waals surface area contributed by atoms with Crippen LogP contribution >= 0.6 is 17.6 Å². The second kappa shape index (κ2) is 4.17. The Bertz CT molecular complexity index is 179. The lowest BCUT2D eigenvalue weighted by Gasteiger charge is -2.40. The molecule has 12 heavy (non-hydrogen) atoms. The monoisotopic (exact) mass is 209 g/mol. The van der Waals surface area contributed by atoms with Crippen LogP contribution in [0.5, 0.6) is 0 Å². The van der Waals surface area contributed by atoms with E-state index < -0.39 is 6.39 Å². The Morgan fingerprint density at radius 1 is 1.25 bits per heavy atom. The highest BCUT2D eigenvalue weighted by molar-refractivity contribution is 7.96. The fraction of sp³-hybridized carbons (Fsp3) is 0.889. The molecule has 0 radical (unpaired) electrons. The van der Waals surface area contributed by atoms with Gasteiger partial charge in [-0.3, -0.25) is 4.67 Å². The molecule has 0 aromatic rings. The minimum Gasteiger partial charge on any atom is -0.272 e. The first-order valence-corrected chi connectivity index (χ1v) is 7.29. The van der Waals surface area contributed by atoms with E-state index >= 15 is 0 Å². The van der Waals surface area contributed by atoms with E-state index in [0.29, 0.717) is 0 Å². The zero-order valence-electron chi connectivity index (χ0n) is 8.89. The third kappa shape index (κ3) is 2.52. The smallest absolute Gasteiger partial charge is 0.0369 e. The van der Waals surface area contributed by atoms with Gasteiger partial charge in [0, 0.05) is 24.6 Å². The van der Waals surface area contributed by atoms with Crippen molar-refractivity contribution in [3.63, 3.8) is 0 Å². The van der Waals surface area contributed by atoms with Crippen molar-refractivity contribution in [2.24, 2.45) is 0 Å². The summed E-state index contributed by atoms with van der Waals surface area (Å²) in [5.74, 6) is 0. The Morgan fingerprint density at radius 3 is 1.67 bits per heavy atom. The fourth-order valence-electron chi connectivity index (χ4n) is 1.10. The highest BCUT2D eigenvalue weighted by Crippen LogP contribution is 2.64. The molecule has 0 aromatic carbocycles. The molecule has 0 fully saturated rings. The molecular weight excluding hydrogens is 189 g/mol. The van der Waals surface area contributed by atoms with Gasteiger partial charge in [-0.05, 0) is 0 Å². The summed E-state index contributed by atoms with van der Waals surface area (Å²) in [6.07, 6.45) is 2.50. The van der Waals surface area contributed by atoms with Gasteiger partial charge in [-0.25, -0.2) is 0 Å². The molecule has 0 saturated carbocycles. The van der Waals surface area contributed by atoms with Crippen LogP contribution in [0.1, 0.15) is 34.6 Å². The number of nitrogens with zero attached hydrogens (tertiary/aromatic N) is 1. The van der Waals surface area contributed by atoms with Crippen molar-refractivity contribution < 1.29 is 0 Å². The Hall–Kier alpha value is 0.550. The van der Waals surface area contributed by atoms with Crippen molar-refractivity contribution in [2.45, 2.75) is 39.8 Å². The van der Waals surface area contributed by atoms with E-state index in [9.17, 15) is 0 Å². The maximum atomic E-state index is 6.50. The fourth-order valence-corrected chi connectivity index (χ4v) is 3.48. The molecule has 1 atom stereocenters. The Kier molecular flexibility index (Phi) is 4.37. The van der Waals surface area contributed by atoms with Gasteiger partial charge in [0.1, 0.15) is 0 Å². The predicted octanol–water partition coefficient (Wildman–Crippen LogP) is 3.65. The van der Waals surface area contributed by atoms with Crippen LogP contribution in [0.2, 0.25) is 0 Å². The predicted molar refractivity (Wildman–Crippen MR) is 62.6 cm³/mol. The minimum absolute atomic E-state index is 0.112. The summed E-state index contributed by atoms with van der Waals surface area (Å²) in [7, 11) is 0. The average molecular weight is 210 g/mol. The summed E-state index contributed by atoms with van der Waals surface area (Å²) in [4.78, 5) is 0. The molecule has 1 unspecified atom stereocenters. The molecule has 0 aromatic heterocycles. The van der Waals surface area contributed by atoms with Crippen LogP contribution < -0.4 is 0 Å². The van der Waals surface area contributed by atoms with Crippen molar-refractivity contribution in [1.29, 1.82) is 0 Å². The van der Waals surface area contributed by atoms with Crippen LogP contribution in [0.3, 0.4) is 0 Å². The molecule has 0 aliphatic carbocycles. The van der Waals surface area contributed by atoms with E-state index in [1.54, 1.807) is 0 Å². The van der Waals surface area contributed by atoms with Gasteiger partial charge in [0.25, 0.3) is 0 Å². The molecule has 0 rings (SSSR count). The molecule has 1 nitrogen and oxygen atoms in total. The topological polar surface area (TPSA) is 3.24 Å². The summed E-state index contributed by atoms with van der Waals surface area (Å²) >= 11 is 6.50. The lowest BCUT2D eigenvalue weighted by molar-refractivity contribution is 0.495. The Balaban J connectivity index is 4.71. The van der Waals surface area contributed by atoms with E-state index in [1.165, 1.54) is 0 Å². The molecule has 3 heteroatoms. The first-order valence-electron chi connectivity index (χ1n) is 4.46. The zero-order valence-corrected chi connectivity index (χ0v) is 10.5. The molecule has 0 aliphatic rings. The third-order valence-electron chi connectivity index (χ3n) is 2.21. The Labute approximate surface area is 81.9 Å². The molecular formula is C9H21ClNP. The Morgan fingerprint density at radius 2 is 1.58 bits per heavy atom. The molecule has 0 saturated heterocycles. The molecule has 0 spiro atoms. The van der Waals surface area contributed by atoms with Crippen molar-refractivity contribution in [3.8, 4) is 0 Å². The van der Waals surface area contributed by atoms with Crippen molar-refractivity contribution in [3.05, 3.63) is 0 Å². The maximum Gasteiger partial charge on any atom is 0.0369 e. The van der Waals surface area contributed by atoms with E-state index in [2.05, 4.69) is 45.6 Å². The molecule has 0 amide bonds. The largest absolute Gasteiger partial charge is 0.272 e. The maximum absolute atomic E-state index is 6.50. The summed E-state index contributed by atoms with van der Waals surface area (Å²) in [6.45, 7) is 12.8. The average Bonchev–Trinajstić information content (AvgIpc) is 1.87. The third-order valence-corrected chi connectivity index (χ3v) is 7.89. The van der Waals surface area contributed by atoms with Crippen LogP contribution in [-0.4, -0.2) is 29.2 Å². The molecule has 0 bridgehead atoms. The number of hydrogen-bond donors (Lipinski definition) is 0. The van der Waals surface area contributed by atoms with Gasteiger partial charge in [-0.1, -0.05) is 52.2 Å². The second-order valence-electron chi connectivity index (χ2n) is 3.99. The van der Waals surface area contributed by atoms with E-state index in [-0.39, 0.29) is 5.16 Å². The van der Waals surface area contributed by atoms with E-state index in [0.717, 1.165) is 13.1 Å². The van der Waals surface area contributed by atoms with E-state index in [1.807, 2.05) is 0 Å². The van der Waals surface area contributed by atoms with Crippen LogP contribution in [0, 0.1) is 0 Å². The molecule has 0 heterocycles. The normalized spacial score (nSPS) is 17.9. The molecule has 74 valence electrons. The van der Waals surface area contributed by atoms with Gasteiger partial charge in [-0.2, -0.15) is 0 Å². The zero-order chi connectivity index (χ0) is 9.99. The molecule has 0 aliphatic heterocycles. The first-order chi connectivity index (χ1) is 5.27. The number of rotatable bonds is 3. The summed E-state index contributed by atoms with van der Waals surface area (Å²) in [5.41, 5.74) is 0. The van der Waals surface area contributed by atoms with Crippen LogP contribution in [0.25, 0.3) is 0 Å². The standard InChI is InChI=1S/C9H21ClNP/c1-7-11(8-2)12(6,10)9(3,4)5/h6-8H2,1-5H3. The van der Waals surface area contributed by atoms with Gasteiger partial charge in [0.05, 0.1) is 0 Å². The quantitative estimate of drug-likeness (QED) is 0.642. The van der Waals surface area contributed by atoms with Gasteiger partial charge in [-0.15, -0.1) is 0 Å². The second-order valence-corrected chi connectivity index (χ2v) is 8.93.